The molecule has 1 N–H and O–H groups in total. The Hall–Kier alpha value is -3.57. The van der Waals surface area contributed by atoms with E-state index in [1.54, 1.807) is 31.2 Å². The number of carbonyl (C=O) groups is 2. The molecule has 0 saturated heterocycles. The average molecular weight is 619 g/mol. The summed E-state index contributed by atoms with van der Waals surface area (Å²) in [5.74, 6) is -0.346. The molecule has 2 amide bonds. The fraction of sp³-hybridized carbons (Fsp3) is 0.286. The van der Waals surface area contributed by atoms with E-state index in [4.69, 9.17) is 9.47 Å². The van der Waals surface area contributed by atoms with Crippen LogP contribution in [-0.2, 0) is 26.2 Å². The van der Waals surface area contributed by atoms with E-state index >= 15 is 0 Å². The largest absolute Gasteiger partial charge is 0.497 e. The average Bonchev–Trinajstić information content (AvgIpc) is 2.93. The Morgan fingerprint density at radius 1 is 1.00 bits per heavy atom. The number of hydrogen-bond acceptors (Lipinski definition) is 6. The van der Waals surface area contributed by atoms with Crippen LogP contribution in [0.4, 0.5) is 5.69 Å². The lowest BCUT2D eigenvalue weighted by Gasteiger charge is -2.32. The van der Waals surface area contributed by atoms with Gasteiger partial charge in [0.05, 0.1) is 24.8 Å². The summed E-state index contributed by atoms with van der Waals surface area (Å²) in [6, 6.07) is 17.5. The van der Waals surface area contributed by atoms with Gasteiger partial charge >= 0.3 is 0 Å². The second kappa shape index (κ2) is 13.0. The predicted octanol–water partition coefficient (Wildman–Crippen LogP) is 4.13. The van der Waals surface area contributed by atoms with E-state index in [-0.39, 0.29) is 28.8 Å². The Bertz CT molecular complexity index is 1430. The van der Waals surface area contributed by atoms with E-state index in [2.05, 4.69) is 21.2 Å². The zero-order chi connectivity index (χ0) is 28.7. The van der Waals surface area contributed by atoms with Crippen molar-refractivity contribution in [2.45, 2.75) is 31.3 Å². The zero-order valence-electron chi connectivity index (χ0n) is 22.5. The van der Waals surface area contributed by atoms with Gasteiger partial charge in [-0.2, -0.15) is 0 Å². The van der Waals surface area contributed by atoms with Gasteiger partial charge in [-0.1, -0.05) is 45.8 Å². The number of benzene rings is 3. The Labute approximate surface area is 237 Å². The summed E-state index contributed by atoms with van der Waals surface area (Å²) in [7, 11) is 0.108. The number of aryl methyl sites for hydroxylation is 1. The third-order valence-electron chi connectivity index (χ3n) is 6.20. The van der Waals surface area contributed by atoms with Crippen molar-refractivity contribution >= 4 is 43.5 Å². The molecule has 3 aromatic carbocycles. The van der Waals surface area contributed by atoms with Crippen molar-refractivity contribution in [3.05, 3.63) is 82.3 Å². The fourth-order valence-corrected chi connectivity index (χ4v) is 5.83. The third kappa shape index (κ3) is 7.10. The van der Waals surface area contributed by atoms with Gasteiger partial charge in [0.25, 0.3) is 10.0 Å². The molecule has 39 heavy (non-hydrogen) atoms. The molecule has 0 aliphatic carbocycles. The number of nitrogens with zero attached hydrogens (tertiary/aromatic N) is 2. The summed E-state index contributed by atoms with van der Waals surface area (Å²) >= 11 is 3.43. The van der Waals surface area contributed by atoms with Crippen LogP contribution in [0.15, 0.2) is 76.1 Å². The lowest BCUT2D eigenvalue weighted by molar-refractivity contribution is -0.139. The minimum atomic E-state index is -4.25. The van der Waals surface area contributed by atoms with Crippen LogP contribution in [0.3, 0.4) is 0 Å². The van der Waals surface area contributed by atoms with Gasteiger partial charge in [0.1, 0.15) is 24.1 Å². The molecule has 0 heterocycles. The topological polar surface area (TPSA) is 105 Å². The van der Waals surface area contributed by atoms with E-state index in [0.29, 0.717) is 5.75 Å². The number of halogens is 1. The molecule has 1 atom stereocenters. The van der Waals surface area contributed by atoms with E-state index in [0.717, 1.165) is 19.9 Å². The van der Waals surface area contributed by atoms with Gasteiger partial charge in [-0.3, -0.25) is 13.9 Å². The Kier molecular flexibility index (Phi) is 9.98. The number of rotatable bonds is 11. The molecular formula is C28H32BrN3O6S. The first-order chi connectivity index (χ1) is 18.5. The van der Waals surface area contributed by atoms with Crippen molar-refractivity contribution in [3.8, 4) is 11.5 Å². The molecule has 0 aromatic heterocycles. The van der Waals surface area contributed by atoms with Crippen LogP contribution in [-0.4, -0.2) is 59.0 Å². The number of nitrogens with one attached hydrogen (secondary N) is 1. The highest BCUT2D eigenvalue weighted by Crippen LogP contribution is 2.36. The first kappa shape index (κ1) is 30.0. The lowest BCUT2D eigenvalue weighted by Crippen LogP contribution is -2.50. The van der Waals surface area contributed by atoms with Crippen molar-refractivity contribution < 1.29 is 27.5 Å². The summed E-state index contributed by atoms with van der Waals surface area (Å²) in [6.45, 7) is 2.94. The van der Waals surface area contributed by atoms with Crippen LogP contribution in [0.25, 0.3) is 0 Å². The summed E-state index contributed by atoms with van der Waals surface area (Å²) < 4.78 is 40.6. The molecule has 3 rings (SSSR count). The Balaban J connectivity index is 2.13. The maximum Gasteiger partial charge on any atom is 0.264 e. The number of amides is 2. The van der Waals surface area contributed by atoms with Crippen LogP contribution in [0.2, 0.25) is 0 Å². The highest BCUT2D eigenvalue weighted by Gasteiger charge is 2.34. The normalized spacial score (nSPS) is 11.8. The molecule has 0 unspecified atom stereocenters. The Morgan fingerprint density at radius 3 is 2.28 bits per heavy atom. The van der Waals surface area contributed by atoms with Gasteiger partial charge < -0.3 is 19.7 Å². The number of methoxy groups -OCH3 is 2. The van der Waals surface area contributed by atoms with Gasteiger partial charge in [0.2, 0.25) is 11.8 Å². The van der Waals surface area contributed by atoms with Gasteiger partial charge in [0.15, 0.2) is 0 Å². The number of ether oxygens (including phenoxy) is 2. The highest BCUT2D eigenvalue weighted by molar-refractivity contribution is 9.10. The summed E-state index contributed by atoms with van der Waals surface area (Å²) in [6.07, 6.45) is 0. The zero-order valence-corrected chi connectivity index (χ0v) is 24.9. The molecule has 0 bridgehead atoms. The van der Waals surface area contributed by atoms with E-state index in [1.807, 2.05) is 31.2 Å². The molecular weight excluding hydrogens is 586 g/mol. The minimum absolute atomic E-state index is 0.00339. The SMILES string of the molecule is CNC(=O)[C@H](C)N(Cc1cccc(Br)c1)C(=O)CN(c1cc(OC)ccc1OC)S(=O)(=O)c1ccc(C)cc1. The van der Waals surface area contributed by atoms with Crippen molar-refractivity contribution in [3.63, 3.8) is 0 Å². The van der Waals surface area contributed by atoms with Gasteiger partial charge in [0, 0.05) is 24.1 Å². The molecule has 9 nitrogen and oxygen atoms in total. The van der Waals surface area contributed by atoms with Gasteiger partial charge in [-0.15, -0.1) is 0 Å². The van der Waals surface area contributed by atoms with Crippen LogP contribution < -0.4 is 19.1 Å². The van der Waals surface area contributed by atoms with Crippen LogP contribution in [0.5, 0.6) is 11.5 Å². The monoisotopic (exact) mass is 617 g/mol. The number of carbonyl (C=O) groups excluding carboxylic acids is 2. The van der Waals surface area contributed by atoms with E-state index in [1.165, 1.54) is 44.4 Å². The second-order valence-electron chi connectivity index (χ2n) is 8.80. The maximum absolute atomic E-state index is 14.0. The van der Waals surface area contributed by atoms with E-state index in [9.17, 15) is 18.0 Å². The number of sulfonamides is 1. The molecule has 11 heteroatoms. The molecule has 0 aliphatic heterocycles. The fourth-order valence-electron chi connectivity index (χ4n) is 3.97. The van der Waals surface area contributed by atoms with E-state index < -0.39 is 28.5 Å². The lowest BCUT2D eigenvalue weighted by atomic mass is 10.1. The standard InChI is InChI=1S/C28H32BrN3O6S/c1-19-9-12-24(13-10-19)39(35,36)32(25-16-23(37-4)11-14-26(25)38-5)18-27(33)31(20(2)28(34)30-3)17-21-7-6-8-22(29)15-21/h6-16,20H,17-18H2,1-5H3,(H,30,34)/t20-/m0/s1. The number of likely N-dealkylation sites (N-methyl/N-ethyl adjacent to an activating group) is 1. The maximum atomic E-state index is 14.0. The molecule has 208 valence electrons. The third-order valence-corrected chi connectivity index (χ3v) is 8.47. The summed E-state index contributed by atoms with van der Waals surface area (Å²) in [4.78, 5) is 27.9. The first-order valence-electron chi connectivity index (χ1n) is 12.1. The molecule has 0 saturated carbocycles. The van der Waals surface area contributed by atoms with Crippen molar-refractivity contribution in [2.24, 2.45) is 0 Å². The Morgan fingerprint density at radius 2 is 1.69 bits per heavy atom. The predicted molar refractivity (Wildman–Crippen MR) is 153 cm³/mol. The molecule has 0 spiro atoms. The highest BCUT2D eigenvalue weighted by atomic mass is 79.9. The van der Waals surface area contributed by atoms with Crippen molar-refractivity contribution in [2.75, 3.05) is 32.1 Å². The summed E-state index contributed by atoms with van der Waals surface area (Å²) in [5, 5.41) is 2.57. The van der Waals surface area contributed by atoms with Crippen molar-refractivity contribution in [1.29, 1.82) is 0 Å². The van der Waals surface area contributed by atoms with Crippen LogP contribution in [0, 0.1) is 6.92 Å². The van der Waals surface area contributed by atoms with Crippen LogP contribution in [0.1, 0.15) is 18.1 Å². The van der Waals surface area contributed by atoms with Crippen LogP contribution >= 0.6 is 15.9 Å². The van der Waals surface area contributed by atoms with Gasteiger partial charge in [-0.25, -0.2) is 8.42 Å². The summed E-state index contributed by atoms with van der Waals surface area (Å²) in [5.41, 5.74) is 1.77. The minimum Gasteiger partial charge on any atom is -0.497 e. The smallest absolute Gasteiger partial charge is 0.264 e. The molecule has 3 aromatic rings. The molecule has 0 fully saturated rings. The second-order valence-corrected chi connectivity index (χ2v) is 11.6. The number of anilines is 1. The molecule has 0 radical (unpaired) electrons. The van der Waals surface area contributed by atoms with Crippen molar-refractivity contribution in [1.82, 2.24) is 10.2 Å². The quantitative estimate of drug-likeness (QED) is 0.347. The first-order valence-corrected chi connectivity index (χ1v) is 14.3. The molecule has 0 aliphatic rings. The van der Waals surface area contributed by atoms with Gasteiger partial charge in [-0.05, 0) is 55.8 Å². The number of hydrogen-bond donors (Lipinski definition) is 1.